The molecule has 0 aliphatic carbocycles. The first-order chi connectivity index (χ1) is 7.04. The standard InChI is InChI=1S/C10H12F2N2O/c1-7(8-3-5-13-6-4-8)14(2)10(15)9(11)12/h3-7,9H,1-2H3. The highest BCUT2D eigenvalue weighted by atomic mass is 19.3. The van der Waals surface area contributed by atoms with E-state index in [0.29, 0.717) is 0 Å². The number of nitrogens with zero attached hydrogens (tertiary/aromatic N) is 2. The third-order valence-corrected chi connectivity index (χ3v) is 2.30. The van der Waals surface area contributed by atoms with Crippen LogP contribution in [0.4, 0.5) is 8.78 Å². The van der Waals surface area contributed by atoms with Crippen molar-refractivity contribution >= 4 is 5.91 Å². The molecule has 0 radical (unpaired) electrons. The number of carbonyl (C=O) groups excluding carboxylic acids is 1. The quantitative estimate of drug-likeness (QED) is 0.769. The summed E-state index contributed by atoms with van der Waals surface area (Å²) in [6, 6.07) is 3.01. The molecule has 1 atom stereocenters. The summed E-state index contributed by atoms with van der Waals surface area (Å²) in [6.07, 6.45) is 0.165. The predicted molar refractivity (Wildman–Crippen MR) is 51.4 cm³/mol. The molecule has 1 aromatic heterocycles. The van der Waals surface area contributed by atoms with E-state index in [2.05, 4.69) is 4.98 Å². The Bertz CT molecular complexity index is 329. The van der Waals surface area contributed by atoms with Gasteiger partial charge in [-0.1, -0.05) is 0 Å². The normalized spacial score (nSPS) is 12.6. The van der Waals surface area contributed by atoms with Gasteiger partial charge >= 0.3 is 6.43 Å². The minimum absolute atomic E-state index is 0.380. The van der Waals surface area contributed by atoms with Crippen LogP contribution in [0.3, 0.4) is 0 Å². The maximum Gasteiger partial charge on any atom is 0.315 e. The third kappa shape index (κ3) is 2.71. The Morgan fingerprint density at radius 2 is 1.93 bits per heavy atom. The van der Waals surface area contributed by atoms with Crippen LogP contribution in [0.25, 0.3) is 0 Å². The average Bonchev–Trinajstić information content (AvgIpc) is 2.27. The average molecular weight is 214 g/mol. The minimum atomic E-state index is -2.96. The second-order valence-electron chi connectivity index (χ2n) is 3.21. The Labute approximate surface area is 86.7 Å². The first kappa shape index (κ1) is 11.6. The van der Waals surface area contributed by atoms with E-state index in [-0.39, 0.29) is 6.04 Å². The SMILES string of the molecule is CC(c1ccncc1)N(C)C(=O)C(F)F. The molecular weight excluding hydrogens is 202 g/mol. The molecule has 1 amide bonds. The van der Waals surface area contributed by atoms with Crippen molar-refractivity contribution in [3.63, 3.8) is 0 Å². The van der Waals surface area contributed by atoms with Crippen molar-refractivity contribution in [1.29, 1.82) is 0 Å². The van der Waals surface area contributed by atoms with Crippen LogP contribution in [-0.4, -0.2) is 29.3 Å². The molecule has 0 saturated heterocycles. The van der Waals surface area contributed by atoms with E-state index in [9.17, 15) is 13.6 Å². The number of aromatic nitrogens is 1. The summed E-state index contributed by atoms with van der Waals surface area (Å²) >= 11 is 0. The first-order valence-electron chi connectivity index (χ1n) is 4.48. The van der Waals surface area contributed by atoms with Crippen LogP contribution in [0, 0.1) is 0 Å². The Kier molecular flexibility index (Phi) is 3.71. The molecule has 3 nitrogen and oxygen atoms in total. The fourth-order valence-corrected chi connectivity index (χ4v) is 1.21. The number of carbonyl (C=O) groups is 1. The molecular formula is C10H12F2N2O. The van der Waals surface area contributed by atoms with Crippen LogP contribution < -0.4 is 0 Å². The molecule has 0 fully saturated rings. The summed E-state index contributed by atoms with van der Waals surface area (Å²) in [5.41, 5.74) is 0.779. The zero-order chi connectivity index (χ0) is 11.4. The summed E-state index contributed by atoms with van der Waals surface area (Å²) in [6.45, 7) is 1.69. The summed E-state index contributed by atoms with van der Waals surface area (Å²) in [5, 5.41) is 0. The van der Waals surface area contributed by atoms with Crippen LogP contribution in [-0.2, 0) is 4.79 Å². The van der Waals surface area contributed by atoms with Gasteiger partial charge in [0.05, 0.1) is 6.04 Å². The smallest absolute Gasteiger partial charge is 0.315 e. The van der Waals surface area contributed by atoms with E-state index >= 15 is 0 Å². The van der Waals surface area contributed by atoms with Crippen LogP contribution in [0.5, 0.6) is 0 Å². The molecule has 1 rings (SSSR count). The second kappa shape index (κ2) is 4.82. The Balaban J connectivity index is 2.77. The van der Waals surface area contributed by atoms with Crippen LogP contribution in [0.15, 0.2) is 24.5 Å². The van der Waals surface area contributed by atoms with Crippen molar-refractivity contribution in [2.75, 3.05) is 7.05 Å². The van der Waals surface area contributed by atoms with Gasteiger partial charge in [-0.3, -0.25) is 9.78 Å². The fraction of sp³-hybridized carbons (Fsp3) is 0.400. The molecule has 0 saturated carbocycles. The Morgan fingerprint density at radius 3 is 2.40 bits per heavy atom. The van der Waals surface area contributed by atoms with E-state index in [0.717, 1.165) is 10.5 Å². The summed E-state index contributed by atoms with van der Waals surface area (Å²) in [5.74, 6) is -1.17. The predicted octanol–water partition coefficient (Wildman–Crippen LogP) is 1.87. The second-order valence-corrected chi connectivity index (χ2v) is 3.21. The zero-order valence-corrected chi connectivity index (χ0v) is 8.52. The van der Waals surface area contributed by atoms with Crippen molar-refractivity contribution in [3.8, 4) is 0 Å². The highest BCUT2D eigenvalue weighted by molar-refractivity contribution is 5.79. The van der Waals surface area contributed by atoms with Gasteiger partial charge in [0, 0.05) is 19.4 Å². The molecule has 1 heterocycles. The number of rotatable bonds is 3. The van der Waals surface area contributed by atoms with Crippen molar-refractivity contribution in [1.82, 2.24) is 9.88 Å². The maximum absolute atomic E-state index is 12.2. The van der Waals surface area contributed by atoms with Crippen LogP contribution in [0.1, 0.15) is 18.5 Å². The highest BCUT2D eigenvalue weighted by Gasteiger charge is 2.24. The van der Waals surface area contributed by atoms with Crippen molar-refractivity contribution in [3.05, 3.63) is 30.1 Å². The monoisotopic (exact) mass is 214 g/mol. The molecule has 15 heavy (non-hydrogen) atoms. The highest BCUT2D eigenvalue weighted by Crippen LogP contribution is 2.18. The lowest BCUT2D eigenvalue weighted by atomic mass is 10.1. The molecule has 0 aliphatic heterocycles. The number of amides is 1. The number of alkyl halides is 2. The van der Waals surface area contributed by atoms with E-state index in [1.807, 2.05) is 0 Å². The lowest BCUT2D eigenvalue weighted by Gasteiger charge is -2.24. The van der Waals surface area contributed by atoms with Gasteiger partial charge in [-0.05, 0) is 24.6 Å². The topological polar surface area (TPSA) is 33.2 Å². The molecule has 0 aromatic carbocycles. The number of halogens is 2. The molecule has 0 spiro atoms. The van der Waals surface area contributed by atoms with E-state index in [1.165, 1.54) is 7.05 Å². The van der Waals surface area contributed by atoms with E-state index in [4.69, 9.17) is 0 Å². The van der Waals surface area contributed by atoms with Gasteiger partial charge in [0.1, 0.15) is 0 Å². The third-order valence-electron chi connectivity index (χ3n) is 2.30. The summed E-state index contributed by atoms with van der Waals surface area (Å²) in [4.78, 5) is 15.9. The van der Waals surface area contributed by atoms with Gasteiger partial charge in [-0.2, -0.15) is 8.78 Å². The molecule has 0 bridgehead atoms. The van der Waals surface area contributed by atoms with Crippen molar-refractivity contribution in [2.24, 2.45) is 0 Å². The van der Waals surface area contributed by atoms with Crippen LogP contribution >= 0.6 is 0 Å². The van der Waals surface area contributed by atoms with Gasteiger partial charge in [0.15, 0.2) is 0 Å². The maximum atomic E-state index is 12.2. The lowest BCUT2D eigenvalue weighted by molar-refractivity contribution is -0.143. The largest absolute Gasteiger partial charge is 0.334 e. The molecule has 0 N–H and O–H groups in total. The first-order valence-corrected chi connectivity index (χ1v) is 4.48. The molecule has 1 aromatic rings. The number of hydrogen-bond donors (Lipinski definition) is 0. The summed E-state index contributed by atoms with van der Waals surface area (Å²) in [7, 11) is 1.36. The number of hydrogen-bond acceptors (Lipinski definition) is 2. The van der Waals surface area contributed by atoms with Gasteiger partial charge in [-0.15, -0.1) is 0 Å². The Hall–Kier alpha value is -1.52. The minimum Gasteiger partial charge on any atom is -0.334 e. The van der Waals surface area contributed by atoms with Crippen molar-refractivity contribution in [2.45, 2.75) is 19.4 Å². The van der Waals surface area contributed by atoms with Crippen LogP contribution in [0.2, 0.25) is 0 Å². The zero-order valence-electron chi connectivity index (χ0n) is 8.52. The van der Waals surface area contributed by atoms with Gasteiger partial charge in [0.2, 0.25) is 0 Å². The van der Waals surface area contributed by atoms with Gasteiger partial charge in [-0.25, -0.2) is 0 Å². The van der Waals surface area contributed by atoms with Gasteiger partial charge in [0.25, 0.3) is 5.91 Å². The molecule has 0 aliphatic rings. The van der Waals surface area contributed by atoms with E-state index < -0.39 is 12.3 Å². The number of pyridine rings is 1. The van der Waals surface area contributed by atoms with Crippen molar-refractivity contribution < 1.29 is 13.6 Å². The fourth-order valence-electron chi connectivity index (χ4n) is 1.21. The summed E-state index contributed by atoms with van der Waals surface area (Å²) < 4.78 is 24.3. The molecule has 1 unspecified atom stereocenters. The Morgan fingerprint density at radius 1 is 1.40 bits per heavy atom. The molecule has 5 heteroatoms. The molecule has 82 valence electrons. The van der Waals surface area contributed by atoms with Gasteiger partial charge < -0.3 is 4.90 Å². The lowest BCUT2D eigenvalue weighted by Crippen LogP contribution is -2.34. The van der Waals surface area contributed by atoms with E-state index in [1.54, 1.807) is 31.5 Å².